The van der Waals surface area contributed by atoms with Gasteiger partial charge in [0.05, 0.1) is 17.6 Å². The van der Waals surface area contributed by atoms with Crippen molar-refractivity contribution in [3.63, 3.8) is 0 Å². The van der Waals surface area contributed by atoms with Crippen molar-refractivity contribution in [2.45, 2.75) is 13.3 Å². The van der Waals surface area contributed by atoms with Gasteiger partial charge in [-0.25, -0.2) is 9.07 Å². The normalized spacial score (nSPS) is 11.0. The molecule has 0 bridgehead atoms. The molecule has 2 heterocycles. The molecule has 6 heteroatoms. The van der Waals surface area contributed by atoms with E-state index in [1.807, 2.05) is 36.4 Å². The molecule has 0 aliphatic carbocycles. The van der Waals surface area contributed by atoms with E-state index in [-0.39, 0.29) is 23.6 Å². The third-order valence-electron chi connectivity index (χ3n) is 4.24. The van der Waals surface area contributed by atoms with Crippen molar-refractivity contribution < 1.29 is 9.18 Å². The Kier molecular flexibility index (Phi) is 4.01. The number of fused-ring (bicyclic) bond motifs is 1. The quantitative estimate of drug-likeness (QED) is 0.529. The summed E-state index contributed by atoms with van der Waals surface area (Å²) in [6.45, 7) is 1.70. The lowest BCUT2D eigenvalue weighted by Crippen LogP contribution is -2.08. The summed E-state index contributed by atoms with van der Waals surface area (Å²) in [7, 11) is 0. The van der Waals surface area contributed by atoms with E-state index < -0.39 is 5.82 Å². The number of benzene rings is 2. The maximum atomic E-state index is 14.0. The van der Waals surface area contributed by atoms with Crippen LogP contribution in [-0.4, -0.2) is 25.8 Å². The maximum Gasteiger partial charge on any atom is 0.190 e. The van der Waals surface area contributed by atoms with E-state index in [4.69, 9.17) is 0 Å². The summed E-state index contributed by atoms with van der Waals surface area (Å²) < 4.78 is 15.3. The lowest BCUT2D eigenvalue weighted by atomic mass is 10.1. The number of halogens is 1. The first kappa shape index (κ1) is 16.1. The minimum Gasteiger partial charge on any atom is -0.292 e. The van der Waals surface area contributed by atoms with E-state index >= 15 is 0 Å². The topological polar surface area (TPSA) is 60.7 Å². The number of para-hydroxylation sites is 2. The smallest absolute Gasteiger partial charge is 0.190 e. The first-order chi connectivity index (χ1) is 12.6. The van der Waals surface area contributed by atoms with Gasteiger partial charge in [-0.05, 0) is 31.2 Å². The number of carbonyl (C=O) groups excluding carboxylic acids is 1. The number of hydrogen-bond donors (Lipinski definition) is 0. The average molecular weight is 346 g/mol. The monoisotopic (exact) mass is 346 g/mol. The second-order valence-electron chi connectivity index (χ2n) is 5.98. The van der Waals surface area contributed by atoms with Gasteiger partial charge in [0.1, 0.15) is 11.5 Å². The zero-order chi connectivity index (χ0) is 18.1. The second-order valence-corrected chi connectivity index (χ2v) is 5.98. The molecule has 0 radical (unpaired) electrons. The molecule has 4 aromatic rings. The molecule has 0 spiro atoms. The number of nitrogens with zero attached hydrogens (tertiary/aromatic N) is 4. The van der Waals surface area contributed by atoms with Crippen molar-refractivity contribution in [3.8, 4) is 5.69 Å². The molecule has 0 fully saturated rings. The van der Waals surface area contributed by atoms with Crippen LogP contribution in [-0.2, 0) is 6.42 Å². The third kappa shape index (κ3) is 2.86. The highest BCUT2D eigenvalue weighted by Gasteiger charge is 2.19. The molecular formula is C20H15FN4O. The van der Waals surface area contributed by atoms with Gasteiger partial charge < -0.3 is 0 Å². The molecule has 0 aliphatic heterocycles. The first-order valence-corrected chi connectivity index (χ1v) is 8.18. The molecule has 2 aromatic heterocycles. The molecule has 0 atom stereocenters. The number of Topliss-reactive ketones (excluding diaryl/α,β-unsaturated/α-hetero) is 1. The molecule has 5 nitrogen and oxygen atoms in total. The van der Waals surface area contributed by atoms with Crippen LogP contribution in [0.25, 0.3) is 16.6 Å². The van der Waals surface area contributed by atoms with E-state index in [9.17, 15) is 9.18 Å². The van der Waals surface area contributed by atoms with Gasteiger partial charge in [-0.1, -0.05) is 41.6 Å². The number of carbonyl (C=O) groups is 1. The Morgan fingerprint density at radius 2 is 1.81 bits per heavy atom. The molecule has 0 unspecified atom stereocenters. The minimum absolute atomic E-state index is 0.113. The lowest BCUT2D eigenvalue weighted by Gasteiger charge is -2.05. The van der Waals surface area contributed by atoms with Crippen molar-refractivity contribution in [1.82, 2.24) is 20.0 Å². The summed E-state index contributed by atoms with van der Waals surface area (Å²) in [5.41, 5.74) is 2.49. The number of hydrogen-bond acceptors (Lipinski definition) is 4. The fourth-order valence-corrected chi connectivity index (χ4v) is 2.89. The first-order valence-electron chi connectivity index (χ1n) is 8.18. The molecule has 0 saturated carbocycles. The zero-order valence-electron chi connectivity index (χ0n) is 14.1. The summed E-state index contributed by atoms with van der Waals surface area (Å²) in [4.78, 5) is 17.2. The standard InChI is InChI=1S/C20H15FN4O/c1-13-20(23-24-25(13)18-9-5-3-7-16(18)21)19(26)12-15-11-10-14-6-2-4-8-17(14)22-15/h2-11H,12H2,1H3. The van der Waals surface area contributed by atoms with E-state index in [0.29, 0.717) is 11.4 Å². The van der Waals surface area contributed by atoms with Crippen LogP contribution in [0.3, 0.4) is 0 Å². The molecule has 128 valence electrons. The van der Waals surface area contributed by atoms with E-state index in [0.717, 1.165) is 10.9 Å². The predicted molar refractivity (Wildman–Crippen MR) is 95.8 cm³/mol. The largest absolute Gasteiger partial charge is 0.292 e. The Labute approximate surface area is 149 Å². The highest BCUT2D eigenvalue weighted by atomic mass is 19.1. The van der Waals surface area contributed by atoms with Gasteiger partial charge in [-0.15, -0.1) is 5.10 Å². The fraction of sp³-hybridized carbons (Fsp3) is 0.100. The highest BCUT2D eigenvalue weighted by molar-refractivity contribution is 5.96. The van der Waals surface area contributed by atoms with Crippen LogP contribution in [0.5, 0.6) is 0 Å². The number of ketones is 1. The summed E-state index contributed by atoms with van der Waals surface area (Å²) in [6.07, 6.45) is 0.113. The Morgan fingerprint density at radius 3 is 2.65 bits per heavy atom. The summed E-state index contributed by atoms with van der Waals surface area (Å²) in [5, 5.41) is 8.92. The van der Waals surface area contributed by atoms with Crippen molar-refractivity contribution >= 4 is 16.7 Å². The molecular weight excluding hydrogens is 331 g/mol. The van der Waals surface area contributed by atoms with Crippen LogP contribution in [0.15, 0.2) is 60.7 Å². The van der Waals surface area contributed by atoms with Crippen LogP contribution in [0.1, 0.15) is 21.9 Å². The second kappa shape index (κ2) is 6.48. The number of rotatable bonds is 4. The van der Waals surface area contributed by atoms with Crippen molar-refractivity contribution in [2.75, 3.05) is 0 Å². The number of pyridine rings is 1. The Morgan fingerprint density at radius 1 is 1.04 bits per heavy atom. The van der Waals surface area contributed by atoms with Gasteiger partial charge in [0.25, 0.3) is 0 Å². The molecule has 0 N–H and O–H groups in total. The molecule has 0 aliphatic rings. The van der Waals surface area contributed by atoms with Gasteiger partial charge in [0.15, 0.2) is 11.5 Å². The van der Waals surface area contributed by atoms with E-state index in [1.54, 1.807) is 25.1 Å². The SMILES string of the molecule is Cc1c(C(=O)Cc2ccc3ccccc3n2)nnn1-c1ccccc1F. The Bertz CT molecular complexity index is 1120. The molecule has 0 amide bonds. The predicted octanol–water partition coefficient (Wildman–Crippen LogP) is 3.69. The third-order valence-corrected chi connectivity index (χ3v) is 4.24. The molecule has 26 heavy (non-hydrogen) atoms. The van der Waals surface area contributed by atoms with E-state index in [2.05, 4.69) is 15.3 Å². The summed E-state index contributed by atoms with van der Waals surface area (Å²) in [6, 6.07) is 17.7. The van der Waals surface area contributed by atoms with Gasteiger partial charge in [0, 0.05) is 11.1 Å². The lowest BCUT2D eigenvalue weighted by molar-refractivity contribution is 0.0986. The van der Waals surface area contributed by atoms with Crippen molar-refractivity contribution in [1.29, 1.82) is 0 Å². The molecule has 2 aromatic carbocycles. The van der Waals surface area contributed by atoms with Crippen LogP contribution < -0.4 is 0 Å². The average Bonchev–Trinajstić information content (AvgIpc) is 3.03. The van der Waals surface area contributed by atoms with Gasteiger partial charge in [-0.2, -0.15) is 0 Å². The van der Waals surface area contributed by atoms with Crippen molar-refractivity contribution in [3.05, 3.63) is 83.6 Å². The molecule has 4 rings (SSSR count). The minimum atomic E-state index is -0.421. The highest BCUT2D eigenvalue weighted by Crippen LogP contribution is 2.17. The number of aromatic nitrogens is 4. The van der Waals surface area contributed by atoms with Gasteiger partial charge >= 0.3 is 0 Å². The van der Waals surface area contributed by atoms with Crippen LogP contribution in [0.4, 0.5) is 4.39 Å². The Hall–Kier alpha value is -3.41. The Balaban J connectivity index is 1.63. The van der Waals surface area contributed by atoms with Crippen LogP contribution >= 0.6 is 0 Å². The molecule has 0 saturated heterocycles. The van der Waals surface area contributed by atoms with Crippen LogP contribution in [0.2, 0.25) is 0 Å². The van der Waals surface area contributed by atoms with Gasteiger partial charge in [-0.3, -0.25) is 9.78 Å². The summed E-state index contributed by atoms with van der Waals surface area (Å²) >= 11 is 0. The fourth-order valence-electron chi connectivity index (χ4n) is 2.89. The maximum absolute atomic E-state index is 14.0. The summed E-state index contributed by atoms with van der Waals surface area (Å²) in [5.74, 6) is -0.622. The van der Waals surface area contributed by atoms with Gasteiger partial charge in [0.2, 0.25) is 0 Å². The van der Waals surface area contributed by atoms with E-state index in [1.165, 1.54) is 10.7 Å². The van der Waals surface area contributed by atoms with Crippen molar-refractivity contribution in [2.24, 2.45) is 0 Å². The zero-order valence-corrected chi connectivity index (χ0v) is 14.1. The van der Waals surface area contributed by atoms with Crippen LogP contribution in [0, 0.1) is 12.7 Å².